The smallest absolute Gasteiger partial charge is 0.234 e. The molecule has 0 fully saturated rings. The summed E-state index contributed by atoms with van der Waals surface area (Å²) in [6.45, 7) is 1.76. The number of hydrogen-bond acceptors (Lipinski definition) is 7. The number of thioether (sulfide) groups is 1. The summed E-state index contributed by atoms with van der Waals surface area (Å²) in [5, 5.41) is 12.2. The zero-order valence-electron chi connectivity index (χ0n) is 17.5. The van der Waals surface area contributed by atoms with Crippen molar-refractivity contribution in [3.63, 3.8) is 0 Å². The van der Waals surface area contributed by atoms with Crippen LogP contribution in [0.15, 0.2) is 59.6 Å². The Bertz CT molecular complexity index is 1060. The third kappa shape index (κ3) is 5.08. The molecule has 0 aliphatic carbocycles. The summed E-state index contributed by atoms with van der Waals surface area (Å²) < 4.78 is 10.5. The van der Waals surface area contributed by atoms with Crippen LogP contribution in [0.3, 0.4) is 0 Å². The predicted octanol–water partition coefficient (Wildman–Crippen LogP) is 3.79. The molecule has 1 amide bonds. The Morgan fingerprint density at radius 2 is 1.90 bits per heavy atom. The fourth-order valence-corrected chi connectivity index (χ4v) is 4.09. The van der Waals surface area contributed by atoms with Gasteiger partial charge < -0.3 is 19.7 Å². The van der Waals surface area contributed by atoms with Crippen LogP contribution in [0.2, 0.25) is 0 Å². The van der Waals surface area contributed by atoms with Gasteiger partial charge in [0, 0.05) is 19.2 Å². The molecule has 3 aromatic rings. The number of nitrogens with one attached hydrogen (secondary N) is 1. The molecule has 4 rings (SSSR count). The van der Waals surface area contributed by atoms with Crippen LogP contribution in [0.25, 0.3) is 0 Å². The van der Waals surface area contributed by atoms with Gasteiger partial charge in [-0.1, -0.05) is 36.0 Å². The summed E-state index contributed by atoms with van der Waals surface area (Å²) in [6.07, 6.45) is 1.00. The minimum absolute atomic E-state index is 0.146. The molecule has 0 radical (unpaired) electrons. The van der Waals surface area contributed by atoms with Crippen LogP contribution in [-0.4, -0.2) is 42.6 Å². The average molecular weight is 437 g/mol. The number of nitrogens with zero attached hydrogens (tertiary/aromatic N) is 3. The lowest BCUT2D eigenvalue weighted by molar-refractivity contribution is -0.113. The molecule has 0 bridgehead atoms. The molecule has 2 aromatic carbocycles. The Morgan fingerprint density at radius 3 is 2.65 bits per heavy atom. The molecule has 0 saturated carbocycles. The lowest BCUT2D eigenvalue weighted by atomic mass is 10.00. The van der Waals surface area contributed by atoms with Gasteiger partial charge in [-0.3, -0.25) is 4.79 Å². The first-order chi connectivity index (χ1) is 15.2. The van der Waals surface area contributed by atoms with E-state index in [1.54, 1.807) is 32.4 Å². The van der Waals surface area contributed by atoms with Crippen LogP contribution in [0.5, 0.6) is 11.5 Å². The number of rotatable bonds is 7. The van der Waals surface area contributed by atoms with E-state index in [4.69, 9.17) is 9.47 Å². The molecule has 0 saturated heterocycles. The Morgan fingerprint density at radius 1 is 1.06 bits per heavy atom. The number of methoxy groups -OCH3 is 2. The number of ether oxygens (including phenoxy) is 2. The van der Waals surface area contributed by atoms with E-state index in [1.165, 1.54) is 22.9 Å². The monoisotopic (exact) mass is 436 g/mol. The fraction of sp³-hybridized carbons (Fsp3) is 0.261. The van der Waals surface area contributed by atoms with Gasteiger partial charge in [-0.25, -0.2) is 0 Å². The SMILES string of the molecule is COc1ccc(NC(=O)CSc2ccc(N3CCc4ccccc4C3)nn2)c(OC)c1. The van der Waals surface area contributed by atoms with Crippen LogP contribution in [-0.2, 0) is 17.8 Å². The van der Waals surface area contributed by atoms with Crippen LogP contribution >= 0.6 is 11.8 Å². The third-order valence-electron chi connectivity index (χ3n) is 5.11. The van der Waals surface area contributed by atoms with E-state index in [1.807, 2.05) is 12.1 Å². The van der Waals surface area contributed by atoms with Crippen molar-refractivity contribution in [3.05, 3.63) is 65.7 Å². The molecule has 1 aliphatic heterocycles. The van der Waals surface area contributed by atoms with Crippen LogP contribution in [0, 0.1) is 0 Å². The van der Waals surface area contributed by atoms with Gasteiger partial charge in [0.2, 0.25) is 5.91 Å². The van der Waals surface area contributed by atoms with Gasteiger partial charge in [-0.15, -0.1) is 10.2 Å². The molecule has 31 heavy (non-hydrogen) atoms. The number of hydrogen-bond donors (Lipinski definition) is 1. The number of aromatic nitrogens is 2. The number of carbonyl (C=O) groups is 1. The van der Waals surface area contributed by atoms with Gasteiger partial charge in [0.25, 0.3) is 0 Å². The number of amides is 1. The minimum atomic E-state index is -0.146. The first-order valence-electron chi connectivity index (χ1n) is 9.96. The van der Waals surface area contributed by atoms with E-state index in [9.17, 15) is 4.79 Å². The maximum absolute atomic E-state index is 12.4. The molecule has 0 spiro atoms. The van der Waals surface area contributed by atoms with E-state index < -0.39 is 0 Å². The molecule has 7 nitrogen and oxygen atoms in total. The highest BCUT2D eigenvalue weighted by molar-refractivity contribution is 7.99. The van der Waals surface area contributed by atoms with Crippen LogP contribution < -0.4 is 19.7 Å². The van der Waals surface area contributed by atoms with Crippen molar-refractivity contribution in [1.29, 1.82) is 0 Å². The fourth-order valence-electron chi connectivity index (χ4n) is 3.48. The molecule has 160 valence electrons. The molecule has 0 unspecified atom stereocenters. The third-order valence-corrected chi connectivity index (χ3v) is 6.03. The number of fused-ring (bicyclic) bond motifs is 1. The average Bonchev–Trinajstić information content (AvgIpc) is 2.83. The van der Waals surface area contributed by atoms with E-state index in [2.05, 4.69) is 44.7 Å². The highest BCUT2D eigenvalue weighted by atomic mass is 32.2. The number of carbonyl (C=O) groups excluding carboxylic acids is 1. The lowest BCUT2D eigenvalue weighted by Gasteiger charge is -2.29. The molecule has 0 atom stereocenters. The van der Waals surface area contributed by atoms with Gasteiger partial charge in [0.1, 0.15) is 16.5 Å². The van der Waals surface area contributed by atoms with E-state index in [0.29, 0.717) is 22.2 Å². The summed E-state index contributed by atoms with van der Waals surface area (Å²) in [7, 11) is 3.14. The summed E-state index contributed by atoms with van der Waals surface area (Å²) in [4.78, 5) is 14.6. The Kier molecular flexibility index (Phi) is 6.57. The standard InChI is InChI=1S/C23H24N4O3S/c1-29-18-7-8-19(20(13-18)30-2)24-22(28)15-31-23-10-9-21(25-26-23)27-12-11-16-5-3-4-6-17(16)14-27/h3-10,13H,11-12,14-15H2,1-2H3,(H,24,28). The Balaban J connectivity index is 1.32. The lowest BCUT2D eigenvalue weighted by Crippen LogP contribution is -2.31. The van der Waals surface area contributed by atoms with Gasteiger partial charge in [0.05, 0.1) is 25.7 Å². The molecule has 2 heterocycles. The summed E-state index contributed by atoms with van der Waals surface area (Å²) in [5.74, 6) is 2.14. The topological polar surface area (TPSA) is 76.6 Å². The second kappa shape index (κ2) is 9.70. The van der Waals surface area contributed by atoms with Crippen molar-refractivity contribution in [2.24, 2.45) is 0 Å². The first kappa shape index (κ1) is 21.0. The zero-order chi connectivity index (χ0) is 21.6. The Hall–Kier alpha value is -3.26. The molecule has 1 aliphatic rings. The van der Waals surface area contributed by atoms with Gasteiger partial charge in [-0.2, -0.15) is 0 Å². The molecule has 1 N–H and O–H groups in total. The number of benzene rings is 2. The van der Waals surface area contributed by atoms with Gasteiger partial charge >= 0.3 is 0 Å². The highest BCUT2D eigenvalue weighted by Gasteiger charge is 2.17. The van der Waals surface area contributed by atoms with E-state index in [-0.39, 0.29) is 11.7 Å². The van der Waals surface area contributed by atoms with Crippen molar-refractivity contribution in [3.8, 4) is 11.5 Å². The molecular formula is C23H24N4O3S. The largest absolute Gasteiger partial charge is 0.497 e. The molecular weight excluding hydrogens is 412 g/mol. The van der Waals surface area contributed by atoms with Crippen molar-refractivity contribution in [2.75, 3.05) is 36.7 Å². The van der Waals surface area contributed by atoms with E-state index >= 15 is 0 Å². The first-order valence-corrected chi connectivity index (χ1v) is 10.9. The zero-order valence-corrected chi connectivity index (χ0v) is 18.3. The summed E-state index contributed by atoms with van der Waals surface area (Å²) in [5.41, 5.74) is 3.33. The van der Waals surface area contributed by atoms with Crippen LogP contribution in [0.1, 0.15) is 11.1 Å². The van der Waals surface area contributed by atoms with Crippen molar-refractivity contribution < 1.29 is 14.3 Å². The normalized spacial score (nSPS) is 12.8. The summed E-state index contributed by atoms with van der Waals surface area (Å²) in [6, 6.07) is 17.6. The van der Waals surface area contributed by atoms with Crippen molar-refractivity contribution in [1.82, 2.24) is 10.2 Å². The second-order valence-corrected chi connectivity index (χ2v) is 8.07. The van der Waals surface area contributed by atoms with E-state index in [0.717, 1.165) is 25.3 Å². The number of anilines is 2. The highest BCUT2D eigenvalue weighted by Crippen LogP contribution is 2.29. The minimum Gasteiger partial charge on any atom is -0.497 e. The van der Waals surface area contributed by atoms with Crippen LogP contribution in [0.4, 0.5) is 11.5 Å². The maximum Gasteiger partial charge on any atom is 0.234 e. The molecule has 8 heteroatoms. The Labute approximate surface area is 185 Å². The second-order valence-electron chi connectivity index (χ2n) is 7.07. The molecule has 1 aromatic heterocycles. The van der Waals surface area contributed by atoms with Crippen molar-refractivity contribution in [2.45, 2.75) is 18.0 Å². The quantitative estimate of drug-likeness (QED) is 0.565. The van der Waals surface area contributed by atoms with Gasteiger partial charge in [-0.05, 0) is 41.8 Å². The maximum atomic E-state index is 12.4. The summed E-state index contributed by atoms with van der Waals surface area (Å²) >= 11 is 1.34. The van der Waals surface area contributed by atoms with Gasteiger partial charge in [0.15, 0.2) is 5.82 Å². The van der Waals surface area contributed by atoms with Crippen molar-refractivity contribution >= 4 is 29.2 Å². The predicted molar refractivity (Wildman–Crippen MR) is 122 cm³/mol.